The lowest BCUT2D eigenvalue weighted by Gasteiger charge is -2.28. The molecule has 0 spiro atoms. The first kappa shape index (κ1) is 41.2. The smallest absolute Gasteiger partial charge is 0.350 e. The van der Waals surface area contributed by atoms with E-state index in [9.17, 15) is 56.0 Å². The molecule has 0 saturated heterocycles. The number of nitrogens with two attached hydrogens (primary N) is 1. The predicted octanol–water partition coefficient (Wildman–Crippen LogP) is -1.48. The molecule has 2 aromatic heterocycles. The molecule has 9 N–H and O–H groups in total. The number of hydrogen-bond donors (Lipinski definition) is 8. The number of carbonyl (C=O) groups is 3. The van der Waals surface area contributed by atoms with E-state index in [4.69, 9.17) is 15.3 Å². The number of aliphatic carboxylic acids is 1. The number of nitrogen functional groups attached to an aromatic ring is 1. The number of sulfonamides is 1. The summed E-state index contributed by atoms with van der Waals surface area (Å²) < 4.78 is 67.7. The van der Waals surface area contributed by atoms with Gasteiger partial charge in [0.2, 0.25) is 21.1 Å². The standard InChI is InChI=1S/C27H34N8O14S3/c1-27(2,25(40)41)49-33-22(19-13-50-26(28)32-19)24(39)30-10-17(35(14-48-3)52(45,46)47)9-29-23(38)15-4-6-18(7-5-15)51(43,44)31-11-16-8-20(36)21(37)12-34(16)42/h4-8,12-13,17,31,37,42H,9-11,14H2,1-3H3,(H2,28,32)(H,29,38)(H,30,39)(H,40,41)(H,45,46,47)/b33-22-/t17-/m1/s1. The number of carboxylic acid groups (broad SMARTS) is 1. The minimum Gasteiger partial charge on any atom is -0.503 e. The second kappa shape index (κ2) is 16.9. The van der Waals surface area contributed by atoms with Crippen molar-refractivity contribution in [3.05, 3.63) is 69.1 Å². The SMILES string of the molecule is COCN([C@@H](CNC(=O)/C(=N\OC(C)(C)C(=O)O)c1csc(N)n1)CNC(=O)c1ccc(S(=O)(=O)NCc2cc(=O)c(O)cn2O)cc1)S(=O)(=O)O. The first-order chi connectivity index (χ1) is 24.2. The molecular weight excluding hydrogens is 757 g/mol. The molecule has 1 aromatic carbocycles. The van der Waals surface area contributed by atoms with Gasteiger partial charge in [-0.05, 0) is 38.1 Å². The van der Waals surface area contributed by atoms with E-state index in [1.807, 2.05) is 0 Å². The molecule has 0 fully saturated rings. The van der Waals surface area contributed by atoms with Crippen molar-refractivity contribution >= 4 is 60.3 Å². The van der Waals surface area contributed by atoms with Gasteiger partial charge in [-0.15, -0.1) is 15.6 Å². The number of nitrogens with one attached hydrogen (secondary N) is 3. The van der Waals surface area contributed by atoms with E-state index in [2.05, 4.69) is 25.5 Å². The van der Waals surface area contributed by atoms with Crippen molar-refractivity contribution in [1.82, 2.24) is 29.4 Å². The number of anilines is 1. The fraction of sp³-hybridized carbons (Fsp3) is 0.333. The number of aromatic nitrogens is 2. The Balaban J connectivity index is 1.77. The Hall–Kier alpha value is -5.18. The third-order valence-corrected chi connectivity index (χ3v) is 9.86. The minimum atomic E-state index is -5.01. The zero-order chi connectivity index (χ0) is 39.0. The van der Waals surface area contributed by atoms with Gasteiger partial charge in [-0.25, -0.2) is 22.9 Å². The Morgan fingerprint density at radius 2 is 1.77 bits per heavy atom. The summed E-state index contributed by atoms with van der Waals surface area (Å²) in [4.78, 5) is 58.0. The van der Waals surface area contributed by atoms with Gasteiger partial charge in [-0.3, -0.25) is 18.9 Å². The van der Waals surface area contributed by atoms with Gasteiger partial charge in [0.1, 0.15) is 12.4 Å². The molecule has 0 saturated carbocycles. The molecule has 52 heavy (non-hydrogen) atoms. The summed E-state index contributed by atoms with van der Waals surface area (Å²) in [6.45, 7) is -0.107. The number of thiazole rings is 1. The van der Waals surface area contributed by atoms with E-state index >= 15 is 0 Å². The van der Waals surface area contributed by atoms with Gasteiger partial charge < -0.3 is 41.4 Å². The quantitative estimate of drug-likeness (QED) is 0.0239. The summed E-state index contributed by atoms with van der Waals surface area (Å²) in [5, 5.41) is 38.3. The van der Waals surface area contributed by atoms with E-state index < -0.39 is 93.0 Å². The Kier molecular flexibility index (Phi) is 13.4. The molecule has 0 aliphatic heterocycles. The fourth-order valence-electron chi connectivity index (χ4n) is 3.89. The van der Waals surface area contributed by atoms with E-state index in [0.717, 1.165) is 62.6 Å². The van der Waals surface area contributed by atoms with Crippen molar-refractivity contribution < 1.29 is 60.8 Å². The topological polar surface area (TPSA) is 331 Å². The summed E-state index contributed by atoms with van der Waals surface area (Å²) >= 11 is 0.928. The normalized spacial score (nSPS) is 13.1. The summed E-state index contributed by atoms with van der Waals surface area (Å²) in [6.07, 6.45) is 0.688. The van der Waals surface area contributed by atoms with Gasteiger partial charge in [0.15, 0.2) is 16.6 Å². The number of ether oxygens (including phenoxy) is 1. The molecule has 0 aliphatic rings. The number of nitrogens with zero attached hydrogens (tertiary/aromatic N) is 4. The van der Waals surface area contributed by atoms with Crippen LogP contribution in [0.5, 0.6) is 5.75 Å². The van der Waals surface area contributed by atoms with Gasteiger partial charge in [-0.2, -0.15) is 13.1 Å². The van der Waals surface area contributed by atoms with Crippen LogP contribution in [-0.2, 0) is 46.0 Å². The maximum Gasteiger partial charge on any atom is 0.350 e. The lowest BCUT2D eigenvalue weighted by molar-refractivity contribution is -0.161. The van der Waals surface area contributed by atoms with Gasteiger partial charge in [0.25, 0.3) is 11.8 Å². The van der Waals surface area contributed by atoms with E-state index in [0.29, 0.717) is 15.2 Å². The van der Waals surface area contributed by atoms with Gasteiger partial charge in [0.05, 0.1) is 29.4 Å². The fourth-order valence-corrected chi connectivity index (χ4v) is 6.20. The van der Waals surface area contributed by atoms with Crippen LogP contribution in [0.2, 0.25) is 0 Å². The largest absolute Gasteiger partial charge is 0.503 e. The molecule has 0 bridgehead atoms. The Bertz CT molecular complexity index is 2100. The molecule has 2 amide bonds. The zero-order valence-corrected chi connectivity index (χ0v) is 29.9. The van der Waals surface area contributed by atoms with Crippen LogP contribution in [0.25, 0.3) is 0 Å². The maximum atomic E-state index is 13.2. The van der Waals surface area contributed by atoms with Gasteiger partial charge >= 0.3 is 16.3 Å². The molecule has 284 valence electrons. The summed E-state index contributed by atoms with van der Waals surface area (Å²) in [6, 6.07) is 3.77. The highest BCUT2D eigenvalue weighted by Gasteiger charge is 2.33. The van der Waals surface area contributed by atoms with Crippen molar-refractivity contribution in [1.29, 1.82) is 0 Å². The number of amides is 2. The number of rotatable bonds is 18. The molecule has 0 aliphatic carbocycles. The van der Waals surface area contributed by atoms with Crippen molar-refractivity contribution in [3.63, 3.8) is 0 Å². The Morgan fingerprint density at radius 1 is 1.13 bits per heavy atom. The van der Waals surface area contributed by atoms with E-state index in [1.165, 1.54) is 5.38 Å². The van der Waals surface area contributed by atoms with Crippen LogP contribution in [0.15, 0.2) is 56.8 Å². The molecule has 2 heterocycles. The number of carbonyl (C=O) groups excluding carboxylic acids is 2. The number of carboxylic acids is 1. The zero-order valence-electron chi connectivity index (χ0n) is 27.4. The third kappa shape index (κ3) is 10.9. The van der Waals surface area contributed by atoms with Gasteiger partial charge in [0, 0.05) is 37.2 Å². The molecule has 3 aromatic rings. The summed E-state index contributed by atoms with van der Waals surface area (Å²) in [5.74, 6) is -4.03. The third-order valence-electron chi connectivity index (χ3n) is 6.78. The monoisotopic (exact) mass is 790 g/mol. The number of oxime groups is 1. The van der Waals surface area contributed by atoms with E-state index in [-0.39, 0.29) is 27.0 Å². The lowest BCUT2D eigenvalue weighted by Crippen LogP contribution is -2.53. The molecule has 0 radical (unpaired) electrons. The molecular formula is C27H34N8O14S3. The van der Waals surface area contributed by atoms with Crippen molar-refractivity contribution in [2.45, 2.75) is 36.9 Å². The van der Waals surface area contributed by atoms with E-state index in [1.54, 1.807) is 0 Å². The second-order valence-electron chi connectivity index (χ2n) is 11.0. The molecule has 25 heteroatoms. The summed E-state index contributed by atoms with van der Waals surface area (Å²) in [5.41, 5.74) is 2.00. The number of methoxy groups -OCH3 is 1. The molecule has 0 unspecified atom stereocenters. The second-order valence-corrected chi connectivity index (χ2v) is 15.0. The van der Waals surface area contributed by atoms with Crippen LogP contribution in [-0.4, -0.2) is 113 Å². The van der Waals surface area contributed by atoms with Crippen LogP contribution in [0, 0.1) is 0 Å². The van der Waals surface area contributed by atoms with Gasteiger partial charge in [-0.1, -0.05) is 5.16 Å². The predicted molar refractivity (Wildman–Crippen MR) is 180 cm³/mol. The number of aromatic hydroxyl groups is 1. The van der Waals surface area contributed by atoms with Crippen LogP contribution < -0.4 is 26.5 Å². The van der Waals surface area contributed by atoms with Crippen LogP contribution in [0.3, 0.4) is 0 Å². The highest BCUT2D eigenvalue weighted by Crippen LogP contribution is 2.16. The maximum absolute atomic E-state index is 13.2. The highest BCUT2D eigenvalue weighted by atomic mass is 32.2. The highest BCUT2D eigenvalue weighted by molar-refractivity contribution is 7.89. The minimum absolute atomic E-state index is 0.0282. The Morgan fingerprint density at radius 3 is 2.33 bits per heavy atom. The van der Waals surface area contributed by atoms with Crippen LogP contribution >= 0.6 is 11.3 Å². The van der Waals surface area contributed by atoms with Crippen molar-refractivity contribution in [2.24, 2.45) is 5.16 Å². The van der Waals surface area contributed by atoms with Crippen molar-refractivity contribution in [2.75, 3.05) is 32.7 Å². The van der Waals surface area contributed by atoms with Crippen molar-refractivity contribution in [3.8, 4) is 5.75 Å². The first-order valence-electron chi connectivity index (χ1n) is 14.4. The van der Waals surface area contributed by atoms with Crippen LogP contribution in [0.4, 0.5) is 5.13 Å². The molecule has 1 atom stereocenters. The first-order valence-corrected chi connectivity index (χ1v) is 18.2. The number of benzene rings is 1. The van der Waals surface area contributed by atoms with Crippen LogP contribution in [0.1, 0.15) is 35.6 Å². The Labute approximate surface area is 299 Å². The molecule has 3 rings (SSSR count). The molecule has 22 nitrogen and oxygen atoms in total. The lowest BCUT2D eigenvalue weighted by atomic mass is 10.1. The average molecular weight is 791 g/mol. The summed E-state index contributed by atoms with van der Waals surface area (Å²) in [7, 11) is -8.14. The number of pyridine rings is 1. The number of hydrogen-bond acceptors (Lipinski definition) is 16. The average Bonchev–Trinajstić information content (AvgIpc) is 3.49.